The summed E-state index contributed by atoms with van der Waals surface area (Å²) in [5.41, 5.74) is -0.0156. The molecule has 1 aliphatic rings. The predicted octanol–water partition coefficient (Wildman–Crippen LogP) is 1.64. The van der Waals surface area contributed by atoms with Crippen LogP contribution in [-0.4, -0.2) is 35.8 Å². The molecule has 0 radical (unpaired) electrons. The zero-order chi connectivity index (χ0) is 13.9. The highest BCUT2D eigenvalue weighted by Gasteiger charge is 2.17. The van der Waals surface area contributed by atoms with Crippen LogP contribution in [0, 0.1) is 0 Å². The SMILES string of the molecule is O=C(O)c1ccnc(Sc2nnc3n2CCCCC3)n1. The van der Waals surface area contributed by atoms with Gasteiger partial charge in [0.15, 0.2) is 16.0 Å². The monoisotopic (exact) mass is 291 g/mol. The Kier molecular flexibility index (Phi) is 3.64. The van der Waals surface area contributed by atoms with Crippen molar-refractivity contribution < 1.29 is 9.90 Å². The number of aromatic nitrogens is 5. The number of aromatic carboxylic acids is 1. The number of fused-ring (bicyclic) bond motifs is 1. The molecule has 2 aromatic rings. The number of rotatable bonds is 3. The van der Waals surface area contributed by atoms with Crippen LogP contribution in [-0.2, 0) is 13.0 Å². The average Bonchev–Trinajstić information content (AvgIpc) is 2.68. The first-order valence-electron chi connectivity index (χ1n) is 6.40. The van der Waals surface area contributed by atoms with Gasteiger partial charge in [-0.15, -0.1) is 10.2 Å². The maximum Gasteiger partial charge on any atom is 0.354 e. The molecular weight excluding hydrogens is 278 g/mol. The first kappa shape index (κ1) is 13.0. The van der Waals surface area contributed by atoms with Crippen molar-refractivity contribution in [3.05, 3.63) is 23.8 Å². The second kappa shape index (κ2) is 5.58. The Hall–Kier alpha value is -1.96. The second-order valence-corrected chi connectivity index (χ2v) is 5.43. The van der Waals surface area contributed by atoms with Crippen LogP contribution in [0.2, 0.25) is 0 Å². The van der Waals surface area contributed by atoms with Crippen LogP contribution in [0.15, 0.2) is 22.6 Å². The summed E-state index contributed by atoms with van der Waals surface area (Å²) in [7, 11) is 0. The van der Waals surface area contributed by atoms with Gasteiger partial charge in [-0.1, -0.05) is 6.42 Å². The first-order chi connectivity index (χ1) is 9.74. The second-order valence-electron chi connectivity index (χ2n) is 4.49. The molecule has 0 unspecified atom stereocenters. The van der Waals surface area contributed by atoms with Gasteiger partial charge in [-0.05, 0) is 30.7 Å². The summed E-state index contributed by atoms with van der Waals surface area (Å²) in [5.74, 6) is -0.0753. The van der Waals surface area contributed by atoms with Gasteiger partial charge in [0, 0.05) is 19.2 Å². The van der Waals surface area contributed by atoms with Gasteiger partial charge in [0.2, 0.25) is 0 Å². The van der Waals surface area contributed by atoms with Crippen LogP contribution in [0.1, 0.15) is 35.6 Å². The fourth-order valence-corrected chi connectivity index (χ4v) is 2.93. The number of carbonyl (C=O) groups is 1. The molecule has 0 saturated carbocycles. The molecule has 20 heavy (non-hydrogen) atoms. The van der Waals surface area contributed by atoms with Crippen LogP contribution in [0.5, 0.6) is 0 Å². The lowest BCUT2D eigenvalue weighted by atomic mass is 10.2. The highest BCUT2D eigenvalue weighted by atomic mass is 32.2. The maximum absolute atomic E-state index is 10.9. The van der Waals surface area contributed by atoms with Crippen molar-refractivity contribution in [3.8, 4) is 0 Å². The van der Waals surface area contributed by atoms with Gasteiger partial charge in [0.1, 0.15) is 5.82 Å². The minimum absolute atomic E-state index is 0.0156. The van der Waals surface area contributed by atoms with Gasteiger partial charge in [-0.25, -0.2) is 14.8 Å². The molecule has 3 rings (SSSR count). The molecule has 0 bridgehead atoms. The molecule has 0 aromatic carbocycles. The third-order valence-electron chi connectivity index (χ3n) is 3.11. The van der Waals surface area contributed by atoms with E-state index in [1.54, 1.807) is 0 Å². The number of nitrogens with zero attached hydrogens (tertiary/aromatic N) is 5. The molecular formula is C12H13N5O2S. The molecule has 0 amide bonds. The van der Waals surface area contributed by atoms with Crippen LogP contribution in [0.25, 0.3) is 0 Å². The Morgan fingerprint density at radius 2 is 2.20 bits per heavy atom. The van der Waals surface area contributed by atoms with Crippen LogP contribution < -0.4 is 0 Å². The van der Waals surface area contributed by atoms with E-state index in [9.17, 15) is 4.79 Å². The molecule has 0 spiro atoms. The number of hydrogen-bond acceptors (Lipinski definition) is 6. The molecule has 104 valence electrons. The minimum atomic E-state index is -1.06. The highest BCUT2D eigenvalue weighted by Crippen LogP contribution is 2.26. The van der Waals surface area contributed by atoms with Crippen molar-refractivity contribution in [3.63, 3.8) is 0 Å². The third kappa shape index (κ3) is 2.64. The van der Waals surface area contributed by atoms with Gasteiger partial charge in [0.05, 0.1) is 0 Å². The molecule has 3 heterocycles. The standard InChI is InChI=1S/C12H13N5O2S/c18-10(19)8-5-6-13-11(14-8)20-12-16-15-9-4-2-1-3-7-17(9)12/h5-6H,1-4,7H2,(H,18,19). The smallest absolute Gasteiger partial charge is 0.354 e. The summed E-state index contributed by atoms with van der Waals surface area (Å²) in [6.07, 6.45) is 5.81. The summed E-state index contributed by atoms with van der Waals surface area (Å²) in [5, 5.41) is 18.4. The van der Waals surface area contributed by atoms with E-state index in [4.69, 9.17) is 5.11 Å². The van der Waals surface area contributed by atoms with Crippen LogP contribution in [0.4, 0.5) is 0 Å². The predicted molar refractivity (Wildman–Crippen MR) is 70.7 cm³/mol. The first-order valence-corrected chi connectivity index (χ1v) is 7.22. The van der Waals surface area contributed by atoms with E-state index in [-0.39, 0.29) is 5.69 Å². The summed E-state index contributed by atoms with van der Waals surface area (Å²) in [4.78, 5) is 19.0. The van der Waals surface area contributed by atoms with E-state index in [0.29, 0.717) is 5.16 Å². The van der Waals surface area contributed by atoms with Crippen molar-refractivity contribution >= 4 is 17.7 Å². The molecule has 1 aliphatic heterocycles. The highest BCUT2D eigenvalue weighted by molar-refractivity contribution is 7.99. The molecule has 7 nitrogen and oxygen atoms in total. The van der Waals surface area contributed by atoms with Gasteiger partial charge in [-0.3, -0.25) is 0 Å². The van der Waals surface area contributed by atoms with Gasteiger partial charge in [-0.2, -0.15) is 0 Å². The minimum Gasteiger partial charge on any atom is -0.477 e. The Labute approximate surface area is 119 Å². The Morgan fingerprint density at radius 1 is 1.30 bits per heavy atom. The fraction of sp³-hybridized carbons (Fsp3) is 0.417. The van der Waals surface area contributed by atoms with E-state index >= 15 is 0 Å². The quantitative estimate of drug-likeness (QED) is 0.859. The zero-order valence-corrected chi connectivity index (χ0v) is 11.5. The number of hydrogen-bond donors (Lipinski definition) is 1. The van der Waals surface area contributed by atoms with E-state index < -0.39 is 5.97 Å². The summed E-state index contributed by atoms with van der Waals surface area (Å²) in [6.45, 7) is 0.892. The normalized spacial score (nSPS) is 14.6. The lowest BCUT2D eigenvalue weighted by Gasteiger charge is -2.05. The molecule has 0 saturated heterocycles. The Balaban J connectivity index is 1.86. The fourth-order valence-electron chi connectivity index (χ4n) is 2.12. The van der Waals surface area contributed by atoms with E-state index in [1.807, 2.05) is 0 Å². The maximum atomic E-state index is 10.9. The summed E-state index contributed by atoms with van der Waals surface area (Å²) >= 11 is 1.25. The Morgan fingerprint density at radius 3 is 3.05 bits per heavy atom. The molecule has 0 atom stereocenters. The lowest BCUT2D eigenvalue weighted by Crippen LogP contribution is -2.04. The summed E-state index contributed by atoms with van der Waals surface area (Å²) < 4.78 is 2.08. The van der Waals surface area contributed by atoms with Gasteiger partial charge < -0.3 is 9.67 Å². The number of aryl methyl sites for hydroxylation is 1. The van der Waals surface area contributed by atoms with E-state index in [1.165, 1.54) is 30.4 Å². The van der Waals surface area contributed by atoms with Crippen molar-refractivity contribution in [2.45, 2.75) is 42.5 Å². The van der Waals surface area contributed by atoms with Gasteiger partial charge >= 0.3 is 5.97 Å². The number of carboxylic acid groups (broad SMARTS) is 1. The van der Waals surface area contributed by atoms with Crippen LogP contribution >= 0.6 is 11.8 Å². The van der Waals surface area contributed by atoms with Crippen molar-refractivity contribution in [1.29, 1.82) is 0 Å². The molecule has 1 N–H and O–H groups in total. The topological polar surface area (TPSA) is 93.8 Å². The van der Waals surface area contributed by atoms with Crippen molar-refractivity contribution in [2.75, 3.05) is 0 Å². The lowest BCUT2D eigenvalue weighted by molar-refractivity contribution is 0.0689. The van der Waals surface area contributed by atoms with Crippen LogP contribution in [0.3, 0.4) is 0 Å². The molecule has 8 heteroatoms. The third-order valence-corrected chi connectivity index (χ3v) is 3.97. The van der Waals surface area contributed by atoms with Gasteiger partial charge in [0.25, 0.3) is 0 Å². The van der Waals surface area contributed by atoms with E-state index in [2.05, 4.69) is 24.7 Å². The number of carboxylic acids is 1. The summed E-state index contributed by atoms with van der Waals surface area (Å²) in [6, 6.07) is 1.37. The Bertz CT molecular complexity index is 643. The van der Waals surface area contributed by atoms with E-state index in [0.717, 1.165) is 36.8 Å². The molecule has 2 aromatic heterocycles. The average molecular weight is 291 g/mol. The largest absolute Gasteiger partial charge is 0.477 e. The molecule has 0 aliphatic carbocycles. The zero-order valence-electron chi connectivity index (χ0n) is 10.7. The van der Waals surface area contributed by atoms with Crippen molar-refractivity contribution in [1.82, 2.24) is 24.7 Å². The molecule has 0 fully saturated rings. The van der Waals surface area contributed by atoms with Crippen molar-refractivity contribution in [2.24, 2.45) is 0 Å².